The molecule has 1 amide bonds. The summed E-state index contributed by atoms with van der Waals surface area (Å²) in [4.78, 5) is 12.4. The number of rotatable bonds is 10. The number of nitrogens with one attached hydrogen (secondary N) is 1. The number of aryl methyl sites for hydroxylation is 1. The molecule has 9 heteroatoms. The Morgan fingerprint density at radius 2 is 1.82 bits per heavy atom. The molecule has 2 aromatic heterocycles. The SMILES string of the molecule is COc1ccc(NC(=O)CSc2nnc(COc3ccc(C)cc3)n2Cc2ccco2)cc1. The van der Waals surface area contributed by atoms with Crippen LogP contribution in [0.2, 0.25) is 0 Å². The van der Waals surface area contributed by atoms with Crippen LogP contribution in [0.1, 0.15) is 17.1 Å². The molecule has 0 unspecified atom stereocenters. The van der Waals surface area contributed by atoms with Crippen LogP contribution >= 0.6 is 11.8 Å². The topological polar surface area (TPSA) is 91.4 Å². The second-order valence-corrected chi connectivity index (χ2v) is 8.17. The number of anilines is 1. The number of nitrogens with zero attached hydrogens (tertiary/aromatic N) is 3. The van der Waals surface area contributed by atoms with Gasteiger partial charge in [0.25, 0.3) is 0 Å². The van der Waals surface area contributed by atoms with E-state index in [-0.39, 0.29) is 18.3 Å². The van der Waals surface area contributed by atoms with Crippen molar-refractivity contribution in [3.8, 4) is 11.5 Å². The average molecular weight is 465 g/mol. The number of benzene rings is 2. The summed E-state index contributed by atoms with van der Waals surface area (Å²) in [6.07, 6.45) is 1.62. The summed E-state index contributed by atoms with van der Waals surface area (Å²) >= 11 is 1.30. The molecule has 0 aliphatic rings. The fourth-order valence-electron chi connectivity index (χ4n) is 3.03. The molecule has 170 valence electrons. The van der Waals surface area contributed by atoms with Crippen molar-refractivity contribution >= 4 is 23.4 Å². The van der Waals surface area contributed by atoms with Gasteiger partial charge < -0.3 is 19.2 Å². The van der Waals surface area contributed by atoms with Gasteiger partial charge in [-0.15, -0.1) is 10.2 Å². The molecule has 4 aromatic rings. The summed E-state index contributed by atoms with van der Waals surface area (Å²) in [6, 6.07) is 18.7. The molecule has 8 nitrogen and oxygen atoms in total. The first-order valence-electron chi connectivity index (χ1n) is 10.3. The Bertz CT molecular complexity index is 1170. The van der Waals surface area contributed by atoms with Crippen molar-refractivity contribution in [3.05, 3.63) is 84.1 Å². The minimum atomic E-state index is -0.143. The zero-order chi connectivity index (χ0) is 23.0. The number of aromatic nitrogens is 3. The summed E-state index contributed by atoms with van der Waals surface area (Å²) in [6.45, 7) is 2.71. The molecule has 2 heterocycles. The first-order chi connectivity index (χ1) is 16.1. The van der Waals surface area contributed by atoms with Gasteiger partial charge in [0.2, 0.25) is 5.91 Å². The van der Waals surface area contributed by atoms with Crippen molar-refractivity contribution in [2.24, 2.45) is 0 Å². The number of hydrogen-bond acceptors (Lipinski definition) is 7. The van der Waals surface area contributed by atoms with Crippen LogP contribution in [0.25, 0.3) is 0 Å². The van der Waals surface area contributed by atoms with Gasteiger partial charge >= 0.3 is 0 Å². The predicted octanol–water partition coefficient (Wildman–Crippen LogP) is 4.55. The summed E-state index contributed by atoms with van der Waals surface area (Å²) in [5.41, 5.74) is 1.86. The molecule has 33 heavy (non-hydrogen) atoms. The largest absolute Gasteiger partial charge is 0.497 e. The lowest BCUT2D eigenvalue weighted by molar-refractivity contribution is -0.113. The maximum absolute atomic E-state index is 12.4. The van der Waals surface area contributed by atoms with Crippen molar-refractivity contribution in [3.63, 3.8) is 0 Å². The van der Waals surface area contributed by atoms with Gasteiger partial charge in [-0.05, 0) is 55.5 Å². The second-order valence-electron chi connectivity index (χ2n) is 7.23. The Kier molecular flexibility index (Phi) is 7.31. The summed E-state index contributed by atoms with van der Waals surface area (Å²) in [5, 5.41) is 12.1. The lowest BCUT2D eigenvalue weighted by Gasteiger charge is -2.10. The van der Waals surface area contributed by atoms with Crippen LogP contribution in [0.4, 0.5) is 5.69 Å². The van der Waals surface area contributed by atoms with Crippen molar-refractivity contribution in [1.82, 2.24) is 14.8 Å². The number of carbonyl (C=O) groups excluding carboxylic acids is 1. The lowest BCUT2D eigenvalue weighted by Crippen LogP contribution is -2.15. The second kappa shape index (κ2) is 10.7. The smallest absolute Gasteiger partial charge is 0.234 e. The van der Waals surface area contributed by atoms with E-state index in [9.17, 15) is 4.79 Å². The van der Waals surface area contributed by atoms with Crippen LogP contribution in [-0.2, 0) is 17.9 Å². The van der Waals surface area contributed by atoms with E-state index in [0.717, 1.165) is 22.8 Å². The minimum Gasteiger partial charge on any atom is -0.497 e. The molecule has 0 fully saturated rings. The van der Waals surface area contributed by atoms with Crippen LogP contribution in [-0.4, -0.2) is 33.5 Å². The fraction of sp³-hybridized carbons (Fsp3) is 0.208. The first kappa shape index (κ1) is 22.5. The van der Waals surface area contributed by atoms with E-state index in [4.69, 9.17) is 13.9 Å². The average Bonchev–Trinajstić information content (AvgIpc) is 3.48. The third-order valence-electron chi connectivity index (χ3n) is 4.78. The summed E-state index contributed by atoms with van der Waals surface area (Å²) in [7, 11) is 1.60. The number of amides is 1. The number of carbonyl (C=O) groups is 1. The lowest BCUT2D eigenvalue weighted by atomic mass is 10.2. The molecule has 2 aromatic carbocycles. The van der Waals surface area contributed by atoms with Gasteiger partial charge in [-0.25, -0.2) is 0 Å². The predicted molar refractivity (Wildman–Crippen MR) is 126 cm³/mol. The van der Waals surface area contributed by atoms with Crippen LogP contribution in [0.3, 0.4) is 0 Å². The van der Waals surface area contributed by atoms with Crippen LogP contribution in [0, 0.1) is 6.92 Å². The van der Waals surface area contributed by atoms with E-state index in [1.807, 2.05) is 47.9 Å². The molecule has 0 radical (unpaired) electrons. The standard InChI is InChI=1S/C24H24N4O4S/c1-17-5-9-20(10-6-17)32-15-22-26-27-24(28(22)14-21-4-3-13-31-21)33-16-23(29)25-18-7-11-19(30-2)12-8-18/h3-13H,14-16H2,1-2H3,(H,25,29). The van der Waals surface area contributed by atoms with Crippen LogP contribution in [0.15, 0.2) is 76.5 Å². The quantitative estimate of drug-likeness (QED) is 0.344. The van der Waals surface area contributed by atoms with Crippen molar-refractivity contribution in [1.29, 1.82) is 0 Å². The fourth-order valence-corrected chi connectivity index (χ4v) is 3.79. The Hall–Kier alpha value is -3.72. The van der Waals surface area contributed by atoms with Crippen molar-refractivity contribution in [2.45, 2.75) is 25.2 Å². The minimum absolute atomic E-state index is 0.143. The van der Waals surface area contributed by atoms with E-state index >= 15 is 0 Å². The number of methoxy groups -OCH3 is 1. The Labute approximate surface area is 195 Å². The van der Waals surface area contributed by atoms with Gasteiger partial charge in [0.1, 0.15) is 23.9 Å². The zero-order valence-electron chi connectivity index (χ0n) is 18.4. The van der Waals surface area contributed by atoms with Gasteiger partial charge in [0.05, 0.1) is 25.7 Å². The van der Waals surface area contributed by atoms with Crippen molar-refractivity contribution < 1.29 is 18.7 Å². The maximum atomic E-state index is 12.4. The highest BCUT2D eigenvalue weighted by atomic mass is 32.2. The first-order valence-corrected chi connectivity index (χ1v) is 11.3. The maximum Gasteiger partial charge on any atom is 0.234 e. The summed E-state index contributed by atoms with van der Waals surface area (Å²) in [5.74, 6) is 2.92. The van der Waals surface area contributed by atoms with Gasteiger partial charge in [0, 0.05) is 5.69 Å². The molecule has 0 aliphatic heterocycles. The highest BCUT2D eigenvalue weighted by Crippen LogP contribution is 2.22. The molecule has 0 atom stereocenters. The normalized spacial score (nSPS) is 10.7. The van der Waals surface area contributed by atoms with E-state index in [2.05, 4.69) is 15.5 Å². The summed E-state index contributed by atoms with van der Waals surface area (Å²) < 4.78 is 18.4. The van der Waals surface area contributed by atoms with Gasteiger partial charge in [-0.1, -0.05) is 29.5 Å². The molecule has 0 spiro atoms. The van der Waals surface area contributed by atoms with E-state index in [0.29, 0.717) is 23.2 Å². The molecule has 4 rings (SSSR count). The van der Waals surface area contributed by atoms with Gasteiger partial charge in [0.15, 0.2) is 11.0 Å². The van der Waals surface area contributed by atoms with Crippen LogP contribution < -0.4 is 14.8 Å². The Morgan fingerprint density at radius 3 is 2.52 bits per heavy atom. The molecule has 0 bridgehead atoms. The monoisotopic (exact) mass is 464 g/mol. The Morgan fingerprint density at radius 1 is 1.06 bits per heavy atom. The number of furan rings is 1. The zero-order valence-corrected chi connectivity index (χ0v) is 19.2. The highest BCUT2D eigenvalue weighted by Gasteiger charge is 2.16. The Balaban J connectivity index is 1.42. The third kappa shape index (κ3) is 6.17. The molecule has 0 saturated carbocycles. The highest BCUT2D eigenvalue weighted by molar-refractivity contribution is 7.99. The molecule has 0 aliphatic carbocycles. The van der Waals surface area contributed by atoms with Gasteiger partial charge in [-0.2, -0.15) is 0 Å². The van der Waals surface area contributed by atoms with E-state index in [1.54, 1.807) is 37.6 Å². The third-order valence-corrected chi connectivity index (χ3v) is 5.75. The molecular weight excluding hydrogens is 440 g/mol. The van der Waals surface area contributed by atoms with E-state index < -0.39 is 0 Å². The number of thioether (sulfide) groups is 1. The number of hydrogen-bond donors (Lipinski definition) is 1. The van der Waals surface area contributed by atoms with Gasteiger partial charge in [-0.3, -0.25) is 9.36 Å². The number of ether oxygens (including phenoxy) is 2. The van der Waals surface area contributed by atoms with Crippen molar-refractivity contribution in [2.75, 3.05) is 18.2 Å². The molecule has 1 N–H and O–H groups in total. The molecule has 0 saturated heterocycles. The van der Waals surface area contributed by atoms with E-state index in [1.165, 1.54) is 11.8 Å². The molecular formula is C24H24N4O4S. The van der Waals surface area contributed by atoms with Crippen LogP contribution in [0.5, 0.6) is 11.5 Å².